The van der Waals surface area contributed by atoms with E-state index in [-0.39, 0.29) is 6.04 Å². The van der Waals surface area contributed by atoms with Crippen LogP contribution in [0.15, 0.2) is 23.3 Å². The fourth-order valence-corrected chi connectivity index (χ4v) is 1.80. The molecule has 1 unspecified atom stereocenters. The van der Waals surface area contributed by atoms with Crippen LogP contribution in [0.2, 0.25) is 0 Å². The summed E-state index contributed by atoms with van der Waals surface area (Å²) in [5, 5.41) is 5.14. The molecular weight excluding hydrogens is 264 g/mol. The molecule has 0 bridgehead atoms. The zero-order valence-corrected chi connectivity index (χ0v) is 12.0. The maximum atomic E-state index is 13.4. The largest absolute Gasteiger partial charge is 0.386 e. The van der Waals surface area contributed by atoms with Crippen molar-refractivity contribution in [3.63, 3.8) is 0 Å². The van der Waals surface area contributed by atoms with Gasteiger partial charge in [-0.25, -0.2) is 19.7 Å². The smallest absolute Gasteiger partial charge is 0.159 e. The van der Waals surface area contributed by atoms with E-state index in [1.54, 1.807) is 6.92 Å². The number of halogens is 2. The summed E-state index contributed by atoms with van der Waals surface area (Å²) >= 11 is 0. The van der Waals surface area contributed by atoms with Crippen LogP contribution in [-0.4, -0.2) is 36.5 Å². The van der Waals surface area contributed by atoms with Crippen molar-refractivity contribution in [3.8, 4) is 0 Å². The summed E-state index contributed by atoms with van der Waals surface area (Å²) in [5.41, 5.74) is 6.06. The normalized spacial score (nSPS) is 13.7. The third-order valence-electron chi connectivity index (χ3n) is 2.77. The molecule has 0 amide bonds. The van der Waals surface area contributed by atoms with Crippen molar-refractivity contribution in [1.82, 2.24) is 10.0 Å². The van der Waals surface area contributed by atoms with Gasteiger partial charge in [0, 0.05) is 0 Å². The second kappa shape index (κ2) is 7.16. The van der Waals surface area contributed by atoms with E-state index < -0.39 is 11.6 Å². The number of hydrazine groups is 1. The number of nitrogens with zero attached hydrogens (tertiary/aromatic N) is 3. The van der Waals surface area contributed by atoms with Crippen molar-refractivity contribution in [2.75, 3.05) is 20.6 Å². The standard InChI is InChI=1S/C13H21F2N5/c1-9(16)18-20(17)13(6-7-19(2)3)10-4-5-11(14)12(15)8-10/h4-5,8,13H,6-7,17H2,1-3H3,(H2,16,18). The van der Waals surface area contributed by atoms with Crippen LogP contribution >= 0.6 is 0 Å². The summed E-state index contributed by atoms with van der Waals surface area (Å²) in [6.45, 7) is 2.32. The van der Waals surface area contributed by atoms with Crippen molar-refractivity contribution in [3.05, 3.63) is 35.4 Å². The topological polar surface area (TPSA) is 70.9 Å². The second-order valence-electron chi connectivity index (χ2n) is 4.90. The molecule has 5 nitrogen and oxygen atoms in total. The Labute approximate surface area is 117 Å². The molecule has 7 heteroatoms. The van der Waals surface area contributed by atoms with Crippen molar-refractivity contribution < 1.29 is 8.78 Å². The number of hydrogen-bond acceptors (Lipinski definition) is 4. The Morgan fingerprint density at radius 2 is 1.95 bits per heavy atom. The van der Waals surface area contributed by atoms with Crippen molar-refractivity contribution in [1.29, 1.82) is 0 Å². The Morgan fingerprint density at radius 1 is 1.30 bits per heavy atom. The third kappa shape index (κ3) is 4.75. The van der Waals surface area contributed by atoms with E-state index in [1.807, 2.05) is 19.0 Å². The van der Waals surface area contributed by atoms with Gasteiger partial charge in [0.1, 0.15) is 5.84 Å². The quantitative estimate of drug-likeness (QED) is 0.359. The second-order valence-corrected chi connectivity index (χ2v) is 4.90. The minimum atomic E-state index is -0.904. The lowest BCUT2D eigenvalue weighted by molar-refractivity contribution is 0.186. The Balaban J connectivity index is 3.02. The van der Waals surface area contributed by atoms with Gasteiger partial charge in [0.25, 0.3) is 0 Å². The molecule has 0 fully saturated rings. The van der Waals surface area contributed by atoms with Gasteiger partial charge in [0.2, 0.25) is 0 Å². The van der Waals surface area contributed by atoms with E-state index >= 15 is 0 Å². The number of benzene rings is 1. The van der Waals surface area contributed by atoms with Crippen molar-refractivity contribution >= 4 is 5.84 Å². The maximum Gasteiger partial charge on any atom is 0.159 e. The first-order valence-electron chi connectivity index (χ1n) is 6.25. The molecule has 20 heavy (non-hydrogen) atoms. The van der Waals surface area contributed by atoms with Gasteiger partial charge in [0.15, 0.2) is 11.6 Å². The van der Waals surface area contributed by atoms with E-state index in [4.69, 9.17) is 11.6 Å². The maximum absolute atomic E-state index is 13.4. The van der Waals surface area contributed by atoms with Gasteiger partial charge in [-0.3, -0.25) is 0 Å². The third-order valence-corrected chi connectivity index (χ3v) is 2.77. The number of amidine groups is 1. The van der Waals surface area contributed by atoms with Gasteiger partial charge in [-0.2, -0.15) is 0 Å². The summed E-state index contributed by atoms with van der Waals surface area (Å²) in [6.07, 6.45) is 0.603. The molecule has 1 atom stereocenters. The molecule has 0 aliphatic carbocycles. The zero-order valence-electron chi connectivity index (χ0n) is 12.0. The molecule has 0 spiro atoms. The molecule has 0 radical (unpaired) electrons. The highest BCUT2D eigenvalue weighted by Gasteiger charge is 2.19. The minimum Gasteiger partial charge on any atom is -0.386 e. The lowest BCUT2D eigenvalue weighted by Gasteiger charge is -2.26. The Hall–Kier alpha value is -1.73. The summed E-state index contributed by atoms with van der Waals surface area (Å²) < 4.78 is 26.4. The Kier molecular flexibility index (Phi) is 5.84. The van der Waals surface area contributed by atoms with Gasteiger partial charge in [0.05, 0.1) is 6.04 Å². The predicted octanol–water partition coefficient (Wildman–Crippen LogP) is 1.43. The van der Waals surface area contributed by atoms with Crippen LogP contribution in [0.1, 0.15) is 24.9 Å². The molecule has 1 rings (SSSR count). The van der Waals surface area contributed by atoms with Gasteiger partial charge in [-0.1, -0.05) is 6.07 Å². The van der Waals surface area contributed by atoms with Gasteiger partial charge >= 0.3 is 0 Å². The molecule has 1 aromatic rings. The lowest BCUT2D eigenvalue weighted by Crippen LogP contribution is -2.34. The molecule has 0 aromatic heterocycles. The van der Waals surface area contributed by atoms with Gasteiger partial charge in [-0.15, -0.1) is 5.10 Å². The monoisotopic (exact) mass is 285 g/mol. The first-order valence-corrected chi connectivity index (χ1v) is 6.25. The van der Waals surface area contributed by atoms with Crippen LogP contribution in [-0.2, 0) is 0 Å². The number of nitrogens with two attached hydrogens (primary N) is 2. The highest BCUT2D eigenvalue weighted by molar-refractivity contribution is 5.77. The summed E-state index contributed by atoms with van der Waals surface area (Å²) in [6, 6.07) is 3.34. The Morgan fingerprint density at radius 3 is 2.45 bits per heavy atom. The molecule has 0 saturated carbocycles. The zero-order chi connectivity index (χ0) is 15.3. The van der Waals surface area contributed by atoms with Gasteiger partial charge < -0.3 is 10.6 Å². The molecule has 4 N–H and O–H groups in total. The molecule has 0 aliphatic heterocycles. The molecule has 0 saturated heterocycles. The van der Waals surface area contributed by atoms with E-state index in [1.165, 1.54) is 11.2 Å². The average molecular weight is 285 g/mol. The van der Waals surface area contributed by atoms with E-state index in [2.05, 4.69) is 5.10 Å². The highest BCUT2D eigenvalue weighted by Crippen LogP contribution is 2.24. The van der Waals surface area contributed by atoms with Crippen LogP contribution in [0.25, 0.3) is 0 Å². The summed E-state index contributed by atoms with van der Waals surface area (Å²) in [5.74, 6) is 4.36. The lowest BCUT2D eigenvalue weighted by atomic mass is 10.0. The molecule has 1 aromatic carbocycles. The van der Waals surface area contributed by atoms with Crippen molar-refractivity contribution in [2.24, 2.45) is 16.7 Å². The van der Waals surface area contributed by atoms with E-state index in [9.17, 15) is 8.78 Å². The van der Waals surface area contributed by atoms with Crippen LogP contribution in [0.4, 0.5) is 8.78 Å². The fourth-order valence-electron chi connectivity index (χ4n) is 1.80. The number of hydrogen-bond donors (Lipinski definition) is 2. The molecule has 0 heterocycles. The predicted molar refractivity (Wildman–Crippen MR) is 75.6 cm³/mol. The van der Waals surface area contributed by atoms with E-state index in [0.717, 1.165) is 18.7 Å². The molecular formula is C13H21F2N5. The first-order chi connectivity index (χ1) is 9.31. The van der Waals surface area contributed by atoms with Crippen LogP contribution in [0.3, 0.4) is 0 Å². The van der Waals surface area contributed by atoms with E-state index in [0.29, 0.717) is 17.8 Å². The van der Waals surface area contributed by atoms with Crippen LogP contribution < -0.4 is 11.6 Å². The van der Waals surface area contributed by atoms with Crippen LogP contribution in [0.5, 0.6) is 0 Å². The highest BCUT2D eigenvalue weighted by atomic mass is 19.2. The molecule has 112 valence electrons. The first kappa shape index (κ1) is 16.3. The Bertz CT molecular complexity index is 472. The summed E-state index contributed by atoms with van der Waals surface area (Å²) in [4.78, 5) is 1.97. The molecule has 0 aliphatic rings. The number of rotatable bonds is 6. The fraction of sp³-hybridized carbons (Fsp3) is 0.462. The SMILES string of the molecule is C/C(N)=N/N(N)C(CCN(C)C)c1ccc(F)c(F)c1. The van der Waals surface area contributed by atoms with Gasteiger partial charge in [-0.05, 0) is 51.7 Å². The minimum absolute atomic E-state index is 0.296. The van der Waals surface area contributed by atoms with Crippen LogP contribution in [0, 0.1) is 11.6 Å². The average Bonchev–Trinajstić information content (AvgIpc) is 2.32. The van der Waals surface area contributed by atoms with Crippen molar-refractivity contribution in [2.45, 2.75) is 19.4 Å². The summed E-state index contributed by atoms with van der Waals surface area (Å²) in [7, 11) is 3.83. The number of hydrazone groups is 1.